The van der Waals surface area contributed by atoms with Crippen molar-refractivity contribution in [3.05, 3.63) is 71.8 Å². The highest BCUT2D eigenvalue weighted by atomic mass is 16.3. The number of hydrogen-bond acceptors (Lipinski definition) is 24. The molecule has 0 saturated carbocycles. The fraction of sp³-hybridized carbons (Fsp3) is 0.619. The predicted octanol–water partition coefficient (Wildman–Crippen LogP) is 10.4. The molecule has 25 heteroatoms. The number of amides is 1. The molecular weight excluding hydrogens is 1130 g/mol. The number of nitrogens with zero attached hydrogens (tertiary/aromatic N) is 1. The highest BCUT2D eigenvalue weighted by Crippen LogP contribution is 2.07. The maximum absolute atomic E-state index is 10.7. The molecule has 3 rings (SSSR count). The highest BCUT2D eigenvalue weighted by Gasteiger charge is 2.11. The summed E-state index contributed by atoms with van der Waals surface area (Å²) in [5, 5.41) is 8.06. The van der Waals surface area contributed by atoms with Gasteiger partial charge < -0.3 is 127 Å². The normalized spacial score (nSPS) is 6.38. The first-order valence-corrected chi connectivity index (χ1v) is 27.1. The first-order chi connectivity index (χ1) is 40.9. The lowest BCUT2D eigenvalue weighted by molar-refractivity contribution is -0.129. The zero-order valence-corrected chi connectivity index (χ0v) is 63.1. The Balaban J connectivity index is -0.0000000145. The van der Waals surface area contributed by atoms with Crippen molar-refractivity contribution in [2.75, 3.05) is 62.4 Å². The Hall–Kier alpha value is -6.20. The number of nitrogens with two attached hydrogens (primary N) is 7. The number of likely N-dealkylation sites (tertiary alicyclic amines) is 1. The average Bonchev–Trinajstić information content (AvgIpc) is 3.63. The van der Waals surface area contributed by atoms with Crippen LogP contribution < -0.4 is 64.7 Å². The molecule has 1 aliphatic heterocycles. The number of rotatable bonds is 3. The van der Waals surface area contributed by atoms with Crippen molar-refractivity contribution in [1.29, 1.82) is 0 Å². The van der Waals surface area contributed by atoms with Crippen LogP contribution in [-0.4, -0.2) is 159 Å². The summed E-state index contributed by atoms with van der Waals surface area (Å²) in [7, 11) is 10.5. The highest BCUT2D eigenvalue weighted by molar-refractivity contribution is 5.73. The zero-order valence-electron chi connectivity index (χ0n) is 63.1. The number of aliphatic hydroxyl groups excluding tert-OH is 1. The van der Waals surface area contributed by atoms with Gasteiger partial charge >= 0.3 is 0 Å². The smallest absolute Gasteiger partial charge is 0.219 e. The summed E-state index contributed by atoms with van der Waals surface area (Å²) in [5.74, 6) is 1.95. The zero-order chi connectivity index (χ0) is 75.8. The molecule has 0 atom stereocenters. The summed E-state index contributed by atoms with van der Waals surface area (Å²) >= 11 is 0. The number of hydrogen-bond donors (Lipinski definition) is 12. The van der Waals surface area contributed by atoms with Crippen molar-refractivity contribution >= 4 is 80.6 Å². The van der Waals surface area contributed by atoms with Crippen LogP contribution in [0.15, 0.2) is 60.7 Å². The molecule has 552 valence electrons. The minimum atomic E-state index is -0.167. The van der Waals surface area contributed by atoms with Crippen LogP contribution in [0, 0.1) is 11.8 Å². The van der Waals surface area contributed by atoms with E-state index in [0.717, 1.165) is 37.8 Å². The van der Waals surface area contributed by atoms with Crippen LogP contribution >= 0.6 is 0 Å². The third-order valence-electron chi connectivity index (χ3n) is 5.12. The second kappa shape index (κ2) is 478. The van der Waals surface area contributed by atoms with Gasteiger partial charge in [-0.25, -0.2) is 0 Å². The van der Waals surface area contributed by atoms with Crippen LogP contribution in [0.3, 0.4) is 0 Å². The van der Waals surface area contributed by atoms with Crippen LogP contribution in [0.5, 0.6) is 0 Å². The molecule has 2 aromatic rings. The molecule has 0 aliphatic carbocycles. The molecule has 0 aromatic heterocycles. The number of benzene rings is 2. The summed E-state index contributed by atoms with van der Waals surface area (Å²) in [4.78, 5) is 101. The van der Waals surface area contributed by atoms with E-state index in [-0.39, 0.29) is 36.6 Å². The van der Waals surface area contributed by atoms with E-state index in [1.807, 2.05) is 161 Å². The Morgan fingerprint density at radius 2 is 0.500 bits per heavy atom. The first kappa shape index (κ1) is 199. The first-order valence-electron chi connectivity index (χ1n) is 27.1. The summed E-state index contributed by atoms with van der Waals surface area (Å²) in [6, 6.07) is 20.9. The van der Waals surface area contributed by atoms with Gasteiger partial charge in [0, 0.05) is 26.1 Å². The van der Waals surface area contributed by atoms with Gasteiger partial charge in [-0.2, -0.15) is 0 Å². The van der Waals surface area contributed by atoms with E-state index in [1.54, 1.807) is 20.8 Å². The third-order valence-corrected chi connectivity index (χ3v) is 5.12. The Kier molecular flexibility index (Phi) is 1080. The summed E-state index contributed by atoms with van der Waals surface area (Å²) < 4.78 is 0. The van der Waals surface area contributed by atoms with E-state index < -0.39 is 0 Å². The van der Waals surface area contributed by atoms with Gasteiger partial charge in [0.15, 0.2) is 0 Å². The van der Waals surface area contributed by atoms with Crippen molar-refractivity contribution < 1.29 is 62.6 Å². The van der Waals surface area contributed by atoms with Gasteiger partial charge in [-0.05, 0) is 118 Å². The van der Waals surface area contributed by atoms with Crippen molar-refractivity contribution in [1.82, 2.24) is 29.5 Å². The third kappa shape index (κ3) is 641. The Labute approximate surface area is 547 Å². The molecule has 0 unspecified atom stereocenters. The minimum absolute atomic E-state index is 0. The van der Waals surface area contributed by atoms with Crippen LogP contribution in [0.25, 0.3) is 0 Å². The number of aryl methyl sites for hydroxylation is 2. The molecule has 88 heavy (non-hydrogen) atoms. The summed E-state index contributed by atoms with van der Waals surface area (Å²) in [6.45, 7) is 66.5. The standard InChI is InChI=1S/2C8H10.C7H13NO.C5H12.C4H10.C3H8O.5C2H6.7CH5N.11CH2O.4H3N/c2*1-2-8-6-4-3-5-7-8;1-7(9)8-5-3-2-4-6-8;1-4-5(2)3;1-4(2)3;1-3(2)4;23*1-2;;;;/h2*3-7H,2H2,1H3;2-6H2,1H3;5H,4H2,1-3H3;4H,1-3H3;3-4H,1-2H3;5*1-2H3;7*2H2,1H3;11*1H2;4*1H3. The molecule has 0 bridgehead atoms. The van der Waals surface area contributed by atoms with Gasteiger partial charge in [0.25, 0.3) is 0 Å². The van der Waals surface area contributed by atoms with Crippen LogP contribution in [0.4, 0.5) is 0 Å². The summed E-state index contributed by atoms with van der Waals surface area (Å²) in [6.07, 6.45) is 7.10. The van der Waals surface area contributed by atoms with Gasteiger partial charge in [0.2, 0.25) is 5.91 Å². The van der Waals surface area contributed by atoms with E-state index in [2.05, 4.69) is 144 Å². The lowest BCUT2D eigenvalue weighted by Crippen LogP contribution is -2.33. The SMILES string of the molecule is C=O.C=O.C=O.C=O.C=O.C=O.C=O.C=O.C=O.C=O.C=O.CC.CC.CC.CC.CC.CC(=O)N1CCCCC1.CC(C)C.CC(C)O.CCC(C)C.CCc1ccccc1.CCc1ccccc1.CN.CN.CN.CN.CN.CN.CN.N.N.N.N. The van der Waals surface area contributed by atoms with Crippen molar-refractivity contribution in [3.8, 4) is 0 Å². The molecule has 0 spiro atoms. The van der Waals surface area contributed by atoms with Crippen LogP contribution in [0.2, 0.25) is 0 Å². The number of carbonyl (C=O) groups excluding carboxylic acids is 12. The van der Waals surface area contributed by atoms with Crippen molar-refractivity contribution in [3.63, 3.8) is 0 Å². The number of aliphatic hydroxyl groups is 1. The quantitative estimate of drug-likeness (QED) is 0.136. The molecule has 2 aromatic carbocycles. The van der Waals surface area contributed by atoms with Gasteiger partial charge in [-0.3, -0.25) is 4.79 Å². The van der Waals surface area contributed by atoms with Gasteiger partial charge in [-0.1, -0.05) is 192 Å². The second-order valence-corrected chi connectivity index (χ2v) is 10.9. The van der Waals surface area contributed by atoms with Crippen LogP contribution in [-0.2, 0) is 70.4 Å². The number of carbonyl (C=O) groups is 12. The average molecular weight is 1300 g/mol. The summed E-state index contributed by atoms with van der Waals surface area (Å²) in [5.41, 5.74) is 34.3. The molecule has 1 amide bonds. The van der Waals surface area contributed by atoms with Gasteiger partial charge in [0.1, 0.15) is 74.7 Å². The van der Waals surface area contributed by atoms with Crippen LogP contribution in [0.1, 0.15) is 182 Å². The number of piperidine rings is 1. The predicted molar refractivity (Wildman–Crippen MR) is 397 cm³/mol. The van der Waals surface area contributed by atoms with Gasteiger partial charge in [0.05, 0.1) is 0 Å². The fourth-order valence-electron chi connectivity index (χ4n) is 2.64. The molecule has 1 aliphatic rings. The molecule has 1 fully saturated rings. The largest absolute Gasteiger partial charge is 0.394 e. The lowest BCUT2D eigenvalue weighted by atomic mass is 10.1. The molecular formula is C63H162N12O13. The molecule has 27 N–H and O–H groups in total. The van der Waals surface area contributed by atoms with E-state index in [0.29, 0.717) is 0 Å². The topological polar surface area (TPSA) is 550 Å². The second-order valence-electron chi connectivity index (χ2n) is 10.9. The molecule has 1 heterocycles. The van der Waals surface area contributed by atoms with Crippen molar-refractivity contribution in [2.45, 2.75) is 190 Å². The van der Waals surface area contributed by atoms with Crippen molar-refractivity contribution in [2.24, 2.45) is 52.0 Å². The minimum Gasteiger partial charge on any atom is -0.394 e. The maximum atomic E-state index is 10.7. The molecule has 25 nitrogen and oxygen atoms in total. The van der Waals surface area contributed by atoms with E-state index in [4.69, 9.17) is 57.8 Å². The lowest BCUT2D eigenvalue weighted by Gasteiger charge is -2.24. The Bertz CT molecular complexity index is 865. The van der Waals surface area contributed by atoms with E-state index in [1.165, 1.54) is 86.1 Å². The Morgan fingerprint density at radius 3 is 0.568 bits per heavy atom. The fourth-order valence-corrected chi connectivity index (χ4v) is 2.64. The molecule has 1 saturated heterocycles. The Morgan fingerprint density at radius 1 is 0.375 bits per heavy atom. The van der Waals surface area contributed by atoms with E-state index >= 15 is 0 Å². The van der Waals surface area contributed by atoms with Gasteiger partial charge in [-0.15, -0.1) is 0 Å². The van der Waals surface area contributed by atoms with E-state index in [9.17, 15) is 4.79 Å². The monoisotopic (exact) mass is 1300 g/mol. The maximum Gasteiger partial charge on any atom is 0.219 e. The molecule has 0 radical (unpaired) electrons.